The molecule has 0 fully saturated rings. The zero-order valence-electron chi connectivity index (χ0n) is 38.6. The number of nitrogens with zero attached hydrogens (tertiary/aromatic N) is 2. The van der Waals surface area contributed by atoms with Crippen LogP contribution in [0.5, 0.6) is 0 Å². The molecule has 0 aliphatic heterocycles. The third-order valence-corrected chi connectivity index (χ3v) is 13.5. The van der Waals surface area contributed by atoms with E-state index in [4.69, 9.17) is 14.0 Å². The van der Waals surface area contributed by atoms with Crippen LogP contribution in [0.2, 0.25) is 39.3 Å². The fraction of sp³-hybridized carbons (Fsp3) is 0.167. The van der Waals surface area contributed by atoms with Crippen LogP contribution in [0.4, 0.5) is 4.39 Å². The van der Waals surface area contributed by atoms with Crippen molar-refractivity contribution in [1.29, 1.82) is 0 Å². The minimum absolute atomic E-state index is 0. The van der Waals surface area contributed by atoms with E-state index in [1.807, 2.05) is 66.9 Å². The average Bonchev–Trinajstić information content (AvgIpc) is 3.58. The van der Waals surface area contributed by atoms with Crippen molar-refractivity contribution in [2.75, 3.05) is 0 Å². The van der Waals surface area contributed by atoms with Gasteiger partial charge in [0.15, 0.2) is 0 Å². The van der Waals surface area contributed by atoms with E-state index in [0.717, 1.165) is 38.3 Å². The molecule has 0 bridgehead atoms. The maximum absolute atomic E-state index is 12.8. The second-order valence-corrected chi connectivity index (χ2v) is 25.6. The quantitative estimate of drug-likeness (QED) is 0.123. The van der Waals surface area contributed by atoms with E-state index in [1.165, 1.54) is 23.5 Å². The molecule has 0 aliphatic carbocycles. The number of pyridine rings is 2. The van der Waals surface area contributed by atoms with Crippen molar-refractivity contribution in [2.24, 2.45) is 0 Å². The van der Waals surface area contributed by atoms with Gasteiger partial charge < -0.3 is 14.4 Å². The Morgan fingerprint density at radius 1 is 0.673 bits per heavy atom. The Bertz CT molecular complexity index is 2870. The number of halogens is 1. The maximum Gasteiger partial charge on any atom is 0.121 e. The predicted molar refractivity (Wildman–Crippen MR) is 231 cm³/mol. The average molecular weight is 940 g/mol. The van der Waals surface area contributed by atoms with Crippen molar-refractivity contribution in [1.82, 2.24) is 9.97 Å². The number of aromatic nitrogens is 2. The Balaban J connectivity index is 0.000000299. The molecule has 1 radical (unpaired) electrons. The molecule has 0 amide bonds. The normalized spacial score (nSPS) is 13.9. The summed E-state index contributed by atoms with van der Waals surface area (Å²) in [5.74, 6) is -0.271. The van der Waals surface area contributed by atoms with Gasteiger partial charge in [0.25, 0.3) is 0 Å². The summed E-state index contributed by atoms with van der Waals surface area (Å²) in [4.78, 5) is 8.95. The zero-order chi connectivity index (χ0) is 44.1. The van der Waals surface area contributed by atoms with Crippen LogP contribution in [-0.4, -0.2) is 26.1 Å². The molecule has 3 heterocycles. The van der Waals surface area contributed by atoms with Crippen molar-refractivity contribution < 1.29 is 38.5 Å². The largest absolute Gasteiger partial charge is 0.501 e. The molecule has 0 aliphatic rings. The van der Waals surface area contributed by atoms with Gasteiger partial charge in [0, 0.05) is 51.9 Å². The number of rotatable bonds is 6. The molecule has 3 nitrogen and oxygen atoms in total. The topological polar surface area (TPSA) is 38.9 Å². The summed E-state index contributed by atoms with van der Waals surface area (Å²) in [5, 5.41) is 3.90. The number of hydrogen-bond donors (Lipinski definition) is 0. The van der Waals surface area contributed by atoms with Gasteiger partial charge in [0.2, 0.25) is 0 Å². The molecule has 0 unspecified atom stereocenters. The van der Waals surface area contributed by atoms with Crippen molar-refractivity contribution in [3.8, 4) is 44.8 Å². The molecule has 5 aromatic carbocycles. The van der Waals surface area contributed by atoms with E-state index >= 15 is 0 Å². The Hall–Kier alpha value is -4.79. The van der Waals surface area contributed by atoms with Gasteiger partial charge in [-0.15, -0.1) is 48.0 Å². The van der Waals surface area contributed by atoms with Gasteiger partial charge >= 0.3 is 0 Å². The molecule has 3 aromatic heterocycles. The minimum atomic E-state index is -2.60. The second-order valence-electron chi connectivity index (χ2n) is 15.4. The first-order chi connectivity index (χ1) is 28.6. The second kappa shape index (κ2) is 16.1. The van der Waals surface area contributed by atoms with E-state index < -0.39 is 29.9 Å². The summed E-state index contributed by atoms with van der Waals surface area (Å²) in [6, 6.07) is 39.2. The first-order valence-electron chi connectivity index (χ1n) is 21.3. The van der Waals surface area contributed by atoms with Crippen LogP contribution in [0.1, 0.15) is 20.7 Å². The van der Waals surface area contributed by atoms with Crippen molar-refractivity contribution in [3.63, 3.8) is 0 Å². The van der Waals surface area contributed by atoms with Crippen LogP contribution in [0.25, 0.3) is 66.7 Å². The molecule has 55 heavy (non-hydrogen) atoms. The first kappa shape index (κ1) is 31.4. The molecule has 0 saturated heterocycles. The molecule has 7 heteroatoms. The Labute approximate surface area is 349 Å². The van der Waals surface area contributed by atoms with Gasteiger partial charge in [-0.2, -0.15) is 0 Å². The number of fused-ring (bicyclic) bond motifs is 3. The van der Waals surface area contributed by atoms with E-state index in [1.54, 1.807) is 30.3 Å². The van der Waals surface area contributed by atoms with E-state index in [-0.39, 0.29) is 54.2 Å². The van der Waals surface area contributed by atoms with Crippen LogP contribution in [0.3, 0.4) is 0 Å². The number of hydrogen-bond acceptors (Lipinski definition) is 3. The number of furan rings is 1. The Kier molecular flexibility index (Phi) is 9.22. The molecular weight excluding hydrogens is 888 g/mol. The first-order valence-corrected chi connectivity index (χ1v) is 24.8. The van der Waals surface area contributed by atoms with Gasteiger partial charge in [-0.05, 0) is 69.7 Å². The summed E-state index contributed by atoms with van der Waals surface area (Å²) in [6.07, 6.45) is 3.19. The van der Waals surface area contributed by atoms with Crippen molar-refractivity contribution in [3.05, 3.63) is 157 Å². The predicted octanol–water partition coefficient (Wildman–Crippen LogP) is 12.2. The zero-order valence-corrected chi connectivity index (χ0v) is 36.0. The van der Waals surface area contributed by atoms with Crippen LogP contribution in [0.15, 0.2) is 132 Å². The molecule has 0 N–H and O–H groups in total. The van der Waals surface area contributed by atoms with Crippen LogP contribution < -0.4 is 10.4 Å². The fourth-order valence-corrected chi connectivity index (χ4v) is 8.37. The molecular formula is C48H45FIrN2OSi2-2. The van der Waals surface area contributed by atoms with Crippen LogP contribution >= 0.6 is 0 Å². The molecule has 0 saturated carbocycles. The monoisotopic (exact) mass is 940 g/mol. The molecule has 8 rings (SSSR count). The Morgan fingerprint density at radius 2 is 1.44 bits per heavy atom. The molecule has 0 atom stereocenters. The third kappa shape index (κ3) is 8.71. The maximum atomic E-state index is 12.8. The van der Waals surface area contributed by atoms with Gasteiger partial charge in [-0.3, -0.25) is 4.39 Å². The summed E-state index contributed by atoms with van der Waals surface area (Å²) >= 11 is 0. The van der Waals surface area contributed by atoms with Gasteiger partial charge in [0.1, 0.15) is 5.58 Å². The summed E-state index contributed by atoms with van der Waals surface area (Å²) in [7, 11) is -3.30. The van der Waals surface area contributed by atoms with Crippen LogP contribution in [-0.2, 0) is 20.1 Å². The molecule has 279 valence electrons. The van der Waals surface area contributed by atoms with E-state index in [0.29, 0.717) is 22.4 Å². The van der Waals surface area contributed by atoms with Gasteiger partial charge in [-0.25, -0.2) is 0 Å². The third-order valence-electron chi connectivity index (χ3n) is 9.46. The van der Waals surface area contributed by atoms with Crippen molar-refractivity contribution in [2.45, 2.75) is 53.0 Å². The smallest absolute Gasteiger partial charge is 0.121 e. The minimum Gasteiger partial charge on any atom is -0.501 e. The van der Waals surface area contributed by atoms with E-state index in [2.05, 4.69) is 67.4 Å². The van der Waals surface area contributed by atoms with Crippen LogP contribution in [0, 0.1) is 31.7 Å². The van der Waals surface area contributed by atoms with Gasteiger partial charge in [-0.1, -0.05) is 134 Å². The standard InChI is InChI=1S/C34H30NOSi.C14H15FNSi.Ir/c1-22-18-26(37(3,4)5)15-17-27(22)31-20-32(35-21-23(31)2)30-13-9-12-29-28-16-14-25(19-33(28)36-34(29)30)24-10-7-6-8-11-24;1-17(2,3)13-8-9-14(16-10-13)11-4-6-12(15)7-5-11;/h6-12,14-21H,1-5H3;4,6-10H,1-3H3;/q2*-1;/i1D3,2D3,17D;;. The number of benzene rings is 5. The van der Waals surface area contributed by atoms with Gasteiger partial charge in [0.05, 0.1) is 23.1 Å². The SMILES string of the molecule is C[Si](C)(C)c1ccc(-c2[c-]cc(F)cc2)nc1.[2H]c1cc([Si](C)(C)C)cc(C([2H])([2H])[2H])c1-c1cc(-c2[c-]ccc3c2oc2cc(-c4ccccc4)ccc23)ncc1C([2H])([2H])[2H].[Ir]. The fourth-order valence-electron chi connectivity index (χ4n) is 6.26. The summed E-state index contributed by atoms with van der Waals surface area (Å²) < 4.78 is 77.9. The summed E-state index contributed by atoms with van der Waals surface area (Å²) in [6.45, 7) is 7.92. The number of aryl methyl sites for hydroxylation is 2. The molecule has 8 aromatic rings. The summed E-state index contributed by atoms with van der Waals surface area (Å²) in [5.41, 5.74) is 5.88. The molecule has 0 spiro atoms. The van der Waals surface area contributed by atoms with Crippen molar-refractivity contribution >= 4 is 48.5 Å². The Morgan fingerprint density at radius 3 is 2.11 bits per heavy atom. The van der Waals surface area contributed by atoms with E-state index in [9.17, 15) is 4.39 Å².